The van der Waals surface area contributed by atoms with Crippen molar-refractivity contribution < 1.29 is 9.84 Å². The van der Waals surface area contributed by atoms with E-state index < -0.39 is 17.4 Å². The van der Waals surface area contributed by atoms with Crippen LogP contribution in [-0.2, 0) is 13.6 Å². The molecule has 1 atom stereocenters. The second-order valence-electron chi connectivity index (χ2n) is 5.98. The lowest BCUT2D eigenvalue weighted by atomic mass is 10.2. The van der Waals surface area contributed by atoms with Crippen molar-refractivity contribution in [2.24, 2.45) is 7.05 Å². The van der Waals surface area contributed by atoms with Gasteiger partial charge in [-0.25, -0.2) is 4.79 Å². The van der Waals surface area contributed by atoms with E-state index in [1.54, 1.807) is 18.7 Å². The number of aromatic amines is 1. The molecule has 1 aliphatic rings. The fraction of sp³-hybridized carbons (Fsp3) is 0.312. The third kappa shape index (κ3) is 2.31. The molecular weight excluding hydrogens is 326 g/mol. The molecule has 0 saturated carbocycles. The number of anilines is 2. The molecule has 1 aliphatic heterocycles. The van der Waals surface area contributed by atoms with Crippen molar-refractivity contribution in [2.45, 2.75) is 12.6 Å². The maximum absolute atomic E-state index is 12.3. The van der Waals surface area contributed by atoms with Gasteiger partial charge in [-0.3, -0.25) is 14.3 Å². The van der Waals surface area contributed by atoms with Crippen LogP contribution in [0.1, 0.15) is 0 Å². The first-order valence-electron chi connectivity index (χ1n) is 7.79. The van der Waals surface area contributed by atoms with Gasteiger partial charge in [0.2, 0.25) is 5.95 Å². The number of aromatic nitrogens is 4. The van der Waals surface area contributed by atoms with E-state index in [-0.39, 0.29) is 17.7 Å². The lowest BCUT2D eigenvalue weighted by molar-refractivity contribution is 0.154. The molecule has 2 aromatic heterocycles. The number of aliphatic hydroxyl groups excluding tert-OH is 1. The number of β-amino-alcohol motifs (C(OH)–C–C–N with tert-alkyl or cyclic N) is 1. The van der Waals surface area contributed by atoms with Gasteiger partial charge in [0.15, 0.2) is 11.2 Å². The molecule has 9 heteroatoms. The van der Waals surface area contributed by atoms with Gasteiger partial charge < -0.3 is 19.3 Å². The molecule has 0 spiro atoms. The summed E-state index contributed by atoms with van der Waals surface area (Å²) in [5.74, 6) is 1.23. The van der Waals surface area contributed by atoms with E-state index in [0.717, 1.165) is 5.69 Å². The van der Waals surface area contributed by atoms with Gasteiger partial charge in [0.05, 0.1) is 26.3 Å². The van der Waals surface area contributed by atoms with E-state index in [2.05, 4.69) is 9.97 Å². The fourth-order valence-electron chi connectivity index (χ4n) is 3.15. The van der Waals surface area contributed by atoms with Crippen LogP contribution in [0.15, 0.2) is 33.9 Å². The Labute approximate surface area is 141 Å². The molecule has 130 valence electrons. The van der Waals surface area contributed by atoms with E-state index in [1.165, 1.54) is 4.57 Å². The van der Waals surface area contributed by atoms with Gasteiger partial charge in [-0.15, -0.1) is 0 Å². The zero-order valence-electron chi connectivity index (χ0n) is 13.8. The van der Waals surface area contributed by atoms with Crippen LogP contribution in [0.3, 0.4) is 0 Å². The van der Waals surface area contributed by atoms with Gasteiger partial charge in [-0.2, -0.15) is 4.98 Å². The van der Waals surface area contributed by atoms with E-state index in [1.807, 2.05) is 29.2 Å². The zero-order valence-corrected chi connectivity index (χ0v) is 13.8. The van der Waals surface area contributed by atoms with Crippen molar-refractivity contribution in [2.75, 3.05) is 18.6 Å². The largest absolute Gasteiger partial charge is 0.497 e. The first-order chi connectivity index (χ1) is 12.0. The molecule has 9 nitrogen and oxygen atoms in total. The normalized spacial score (nSPS) is 16.9. The van der Waals surface area contributed by atoms with Crippen molar-refractivity contribution in [1.29, 1.82) is 0 Å². The number of H-pyrrole nitrogens is 1. The second kappa shape index (κ2) is 5.49. The number of ether oxygens (including phenoxy) is 1. The molecule has 0 saturated heterocycles. The topological polar surface area (TPSA) is 105 Å². The van der Waals surface area contributed by atoms with Crippen LogP contribution >= 0.6 is 0 Å². The number of hydrogen-bond donors (Lipinski definition) is 2. The van der Waals surface area contributed by atoms with Crippen LogP contribution in [0.5, 0.6) is 5.75 Å². The maximum Gasteiger partial charge on any atom is 0.329 e. The third-order valence-corrected chi connectivity index (χ3v) is 4.40. The van der Waals surface area contributed by atoms with Crippen LogP contribution in [0, 0.1) is 0 Å². The van der Waals surface area contributed by atoms with E-state index in [9.17, 15) is 14.7 Å². The highest BCUT2D eigenvalue weighted by Gasteiger charge is 2.29. The summed E-state index contributed by atoms with van der Waals surface area (Å²) >= 11 is 0. The molecule has 0 amide bonds. The van der Waals surface area contributed by atoms with Gasteiger partial charge in [0.1, 0.15) is 5.75 Å². The van der Waals surface area contributed by atoms with Crippen molar-refractivity contribution in [1.82, 2.24) is 19.1 Å². The van der Waals surface area contributed by atoms with Crippen molar-refractivity contribution in [3.8, 4) is 5.75 Å². The molecule has 25 heavy (non-hydrogen) atoms. The summed E-state index contributed by atoms with van der Waals surface area (Å²) in [7, 11) is 3.14. The number of rotatable bonds is 2. The molecule has 3 heterocycles. The van der Waals surface area contributed by atoms with Crippen LogP contribution in [0.4, 0.5) is 11.6 Å². The number of nitrogens with one attached hydrogen (secondary N) is 1. The van der Waals surface area contributed by atoms with Crippen molar-refractivity contribution >= 4 is 22.8 Å². The van der Waals surface area contributed by atoms with E-state index in [4.69, 9.17) is 4.74 Å². The number of hydrogen-bond acceptors (Lipinski definition) is 6. The minimum atomic E-state index is -0.677. The Bertz CT molecular complexity index is 1060. The Balaban J connectivity index is 1.95. The van der Waals surface area contributed by atoms with Gasteiger partial charge in [0, 0.05) is 12.7 Å². The lowest BCUT2D eigenvalue weighted by Crippen LogP contribution is -2.39. The second-order valence-corrected chi connectivity index (χ2v) is 5.98. The first kappa shape index (κ1) is 15.5. The summed E-state index contributed by atoms with van der Waals surface area (Å²) in [5, 5.41) is 10.3. The summed E-state index contributed by atoms with van der Waals surface area (Å²) in [5.41, 5.74) is 0.327. The number of benzene rings is 1. The summed E-state index contributed by atoms with van der Waals surface area (Å²) in [6.45, 7) is 0.571. The molecule has 0 unspecified atom stereocenters. The summed E-state index contributed by atoms with van der Waals surface area (Å²) in [4.78, 5) is 32.7. The highest BCUT2D eigenvalue weighted by atomic mass is 16.5. The SMILES string of the molecule is COc1ccc(N2C[C@H](O)Cn3c2nc2c3c(=O)[nH]c(=O)n2C)cc1. The highest BCUT2D eigenvalue weighted by Crippen LogP contribution is 2.31. The van der Waals surface area contributed by atoms with Gasteiger partial charge in [0.25, 0.3) is 5.56 Å². The average molecular weight is 343 g/mol. The molecule has 0 radical (unpaired) electrons. The first-order valence-corrected chi connectivity index (χ1v) is 7.79. The monoisotopic (exact) mass is 343 g/mol. The Morgan fingerprint density at radius 2 is 1.96 bits per heavy atom. The highest BCUT2D eigenvalue weighted by molar-refractivity contribution is 5.77. The summed E-state index contributed by atoms with van der Waals surface area (Å²) < 4.78 is 8.10. The van der Waals surface area contributed by atoms with Gasteiger partial charge in [-0.05, 0) is 24.3 Å². The van der Waals surface area contributed by atoms with Crippen LogP contribution in [0.2, 0.25) is 0 Å². The quantitative estimate of drug-likeness (QED) is 0.676. The van der Waals surface area contributed by atoms with E-state index in [0.29, 0.717) is 18.2 Å². The van der Waals surface area contributed by atoms with Crippen LogP contribution in [0.25, 0.3) is 11.2 Å². The Hall–Kier alpha value is -3.07. The number of aryl methyl sites for hydroxylation is 1. The Morgan fingerprint density at radius 1 is 1.24 bits per heavy atom. The van der Waals surface area contributed by atoms with Gasteiger partial charge in [-0.1, -0.05) is 0 Å². The lowest BCUT2D eigenvalue weighted by Gasteiger charge is -2.32. The number of nitrogens with zero attached hydrogens (tertiary/aromatic N) is 4. The molecule has 0 fully saturated rings. The molecule has 4 rings (SSSR count). The van der Waals surface area contributed by atoms with Gasteiger partial charge >= 0.3 is 5.69 Å². The molecule has 0 aliphatic carbocycles. The standard InChI is InChI=1S/C16H17N5O4/c1-19-13-12(14(23)18-16(19)24)21-8-10(22)7-20(15(21)17-13)9-3-5-11(25-2)6-4-9/h3-6,10,22H,7-8H2,1-2H3,(H,18,23,24)/t10-/m0/s1. The smallest absolute Gasteiger partial charge is 0.329 e. The minimum absolute atomic E-state index is 0.236. The van der Waals surface area contributed by atoms with E-state index >= 15 is 0 Å². The molecule has 1 aromatic carbocycles. The van der Waals surface area contributed by atoms with Crippen LogP contribution in [-0.4, -0.2) is 44.0 Å². The average Bonchev–Trinajstić information content (AvgIpc) is 2.99. The van der Waals surface area contributed by atoms with Crippen molar-refractivity contribution in [3.63, 3.8) is 0 Å². The fourth-order valence-corrected chi connectivity index (χ4v) is 3.15. The predicted molar refractivity (Wildman–Crippen MR) is 91.6 cm³/mol. The maximum atomic E-state index is 12.3. The number of methoxy groups -OCH3 is 1. The Morgan fingerprint density at radius 3 is 2.64 bits per heavy atom. The molecular formula is C16H17N5O4. The van der Waals surface area contributed by atoms with Crippen molar-refractivity contribution in [3.05, 3.63) is 45.1 Å². The molecule has 0 bridgehead atoms. The minimum Gasteiger partial charge on any atom is -0.497 e. The molecule has 3 aromatic rings. The zero-order chi connectivity index (χ0) is 17.7. The number of aliphatic hydroxyl groups is 1. The Kier molecular flexibility index (Phi) is 3.39. The number of imidazole rings is 1. The summed E-state index contributed by atoms with van der Waals surface area (Å²) in [6, 6.07) is 7.32. The predicted octanol–water partition coefficient (Wildman–Crippen LogP) is -0.0555. The number of fused-ring (bicyclic) bond motifs is 3. The third-order valence-electron chi connectivity index (χ3n) is 4.40. The summed E-state index contributed by atoms with van der Waals surface area (Å²) in [6.07, 6.45) is -0.677. The van der Waals surface area contributed by atoms with Crippen LogP contribution < -0.4 is 20.9 Å². The molecule has 2 N–H and O–H groups in total.